The van der Waals surface area contributed by atoms with Crippen molar-refractivity contribution in [3.63, 3.8) is 0 Å². The van der Waals surface area contributed by atoms with Crippen LogP contribution in [0.3, 0.4) is 0 Å². The molecule has 0 aliphatic rings. The zero-order chi connectivity index (χ0) is 6.57. The number of hydrogen-bond donors (Lipinski definition) is 0. The van der Waals surface area contributed by atoms with Gasteiger partial charge in [0.05, 0.1) is 6.61 Å². The first kappa shape index (κ1) is 11.9. The van der Waals surface area contributed by atoms with Crippen molar-refractivity contribution in [2.24, 2.45) is 0 Å². The van der Waals surface area contributed by atoms with Gasteiger partial charge >= 0.3 is 35.5 Å². The first-order valence-corrected chi connectivity index (χ1v) is 2.36. The Hall–Kier alpha value is 0.140. The van der Waals surface area contributed by atoms with Crippen molar-refractivity contribution >= 4 is 11.8 Å². The van der Waals surface area contributed by atoms with E-state index in [1.54, 1.807) is 6.92 Å². The molecule has 0 heterocycles. The van der Waals surface area contributed by atoms with Crippen molar-refractivity contribution in [1.29, 1.82) is 0 Å². The Labute approximate surface area is 77.5 Å². The van der Waals surface area contributed by atoms with E-state index in [1.807, 2.05) is 0 Å². The van der Waals surface area contributed by atoms with Crippen molar-refractivity contribution < 1.29 is 45.3 Å². The van der Waals surface area contributed by atoms with Crippen LogP contribution >= 0.6 is 0 Å². The summed E-state index contributed by atoms with van der Waals surface area (Å²) in [6.07, 6.45) is 0. The Morgan fingerprint density at radius 3 is 2.11 bits per heavy atom. The molecule has 48 valence electrons. The Balaban J connectivity index is -0.000000245. The number of Topliss-reactive ketones (excluding diaryl/α,β-unsaturated/α-hetero) is 1. The fourth-order valence-electron chi connectivity index (χ4n) is 0.233. The van der Waals surface area contributed by atoms with Gasteiger partial charge in [-0.2, -0.15) is 0 Å². The number of ether oxygens (including phenoxy) is 1. The minimum Gasteiger partial charge on any atom is -1.00 e. The number of ketones is 1. The topological polar surface area (TPSA) is 43.4 Å². The van der Waals surface area contributed by atoms with Crippen LogP contribution in [0.15, 0.2) is 0 Å². The van der Waals surface area contributed by atoms with Crippen LogP contribution in [0.5, 0.6) is 0 Å². The molecule has 0 aliphatic heterocycles. The molecule has 3 nitrogen and oxygen atoms in total. The maximum Gasteiger partial charge on any atom is 1.00 e. The molecule has 0 rings (SSSR count). The fourth-order valence-corrected chi connectivity index (χ4v) is 0.233. The number of hydrogen-bond acceptors (Lipinski definition) is 3. The Morgan fingerprint density at radius 1 is 1.56 bits per heavy atom. The third kappa shape index (κ3) is 6.02. The van der Waals surface area contributed by atoms with E-state index in [-0.39, 0.29) is 37.6 Å². The minimum atomic E-state index is -0.757. The SMILES string of the molecule is CCOC(=O)C(C)=O.[H-].[Na+]. The summed E-state index contributed by atoms with van der Waals surface area (Å²) in [5.41, 5.74) is 0. The maximum atomic E-state index is 10.2. The van der Waals surface area contributed by atoms with E-state index in [2.05, 4.69) is 4.74 Å². The number of carbonyl (C=O) groups excluding carboxylic acids is 2. The normalized spacial score (nSPS) is 7.33. The van der Waals surface area contributed by atoms with Gasteiger partial charge in [-0.15, -0.1) is 0 Å². The fraction of sp³-hybridized carbons (Fsp3) is 0.600. The summed E-state index contributed by atoms with van der Waals surface area (Å²) >= 11 is 0. The summed E-state index contributed by atoms with van der Waals surface area (Å²) in [6.45, 7) is 3.09. The first-order chi connectivity index (χ1) is 3.68. The summed E-state index contributed by atoms with van der Waals surface area (Å²) in [5, 5.41) is 0. The molecule has 0 atom stereocenters. The van der Waals surface area contributed by atoms with E-state index in [4.69, 9.17) is 0 Å². The quantitative estimate of drug-likeness (QED) is 0.237. The van der Waals surface area contributed by atoms with E-state index in [0.717, 1.165) is 0 Å². The van der Waals surface area contributed by atoms with Gasteiger partial charge in [0.1, 0.15) is 0 Å². The van der Waals surface area contributed by atoms with E-state index in [9.17, 15) is 9.59 Å². The van der Waals surface area contributed by atoms with Crippen LogP contribution in [0.1, 0.15) is 15.3 Å². The molecule has 0 fully saturated rings. The van der Waals surface area contributed by atoms with Crippen molar-refractivity contribution in [2.75, 3.05) is 6.61 Å². The van der Waals surface area contributed by atoms with Crippen LogP contribution in [0.4, 0.5) is 0 Å². The Kier molecular flexibility index (Phi) is 8.27. The molecule has 0 aromatic rings. The van der Waals surface area contributed by atoms with Gasteiger partial charge in [0.2, 0.25) is 5.78 Å². The summed E-state index contributed by atoms with van der Waals surface area (Å²) in [7, 11) is 0. The molecule has 0 saturated heterocycles. The predicted molar refractivity (Wildman–Crippen MR) is 28.4 cm³/mol. The monoisotopic (exact) mass is 140 g/mol. The molecule has 0 radical (unpaired) electrons. The smallest absolute Gasteiger partial charge is 1.00 e. The molecule has 0 aromatic carbocycles. The second-order valence-electron chi connectivity index (χ2n) is 1.28. The van der Waals surface area contributed by atoms with Gasteiger partial charge in [0, 0.05) is 6.92 Å². The zero-order valence-corrected chi connectivity index (χ0v) is 7.93. The molecular weight excluding hydrogens is 131 g/mol. The second kappa shape index (κ2) is 6.26. The molecule has 0 bridgehead atoms. The van der Waals surface area contributed by atoms with E-state index in [1.165, 1.54) is 6.92 Å². The molecule has 0 amide bonds. The van der Waals surface area contributed by atoms with Crippen molar-refractivity contribution in [1.82, 2.24) is 0 Å². The van der Waals surface area contributed by atoms with Gasteiger partial charge in [0.15, 0.2) is 0 Å². The first-order valence-electron chi connectivity index (χ1n) is 2.36. The second-order valence-corrected chi connectivity index (χ2v) is 1.28. The predicted octanol–water partition coefficient (Wildman–Crippen LogP) is -2.74. The number of rotatable bonds is 2. The van der Waals surface area contributed by atoms with Crippen molar-refractivity contribution in [3.8, 4) is 0 Å². The standard InChI is InChI=1S/C5H8O3.Na.H/c1-3-8-5(7)4(2)6;;/h3H2,1-2H3;;/q;+1;-1. The summed E-state index contributed by atoms with van der Waals surface area (Å²) in [6, 6.07) is 0. The zero-order valence-electron chi connectivity index (χ0n) is 6.93. The molecule has 0 N–H and O–H groups in total. The molecule has 4 heteroatoms. The van der Waals surface area contributed by atoms with Crippen LogP contribution in [0.2, 0.25) is 0 Å². The van der Waals surface area contributed by atoms with Crippen LogP contribution in [0, 0.1) is 0 Å². The van der Waals surface area contributed by atoms with Crippen LogP contribution < -0.4 is 29.6 Å². The van der Waals surface area contributed by atoms with Crippen LogP contribution in [-0.4, -0.2) is 18.4 Å². The number of esters is 1. The molecule has 0 aromatic heterocycles. The van der Waals surface area contributed by atoms with Gasteiger partial charge in [-0.1, -0.05) is 0 Å². The van der Waals surface area contributed by atoms with Crippen LogP contribution in [0.25, 0.3) is 0 Å². The maximum absolute atomic E-state index is 10.2. The van der Waals surface area contributed by atoms with E-state index < -0.39 is 11.8 Å². The van der Waals surface area contributed by atoms with Gasteiger partial charge in [-0.05, 0) is 6.92 Å². The van der Waals surface area contributed by atoms with Gasteiger partial charge in [-0.25, -0.2) is 4.79 Å². The molecule has 0 unspecified atom stereocenters. The average Bonchev–Trinajstić information content (AvgIpc) is 1.67. The molecular formula is C5H9NaO3. The summed E-state index contributed by atoms with van der Waals surface area (Å²) in [4.78, 5) is 20.2. The third-order valence-corrected chi connectivity index (χ3v) is 0.563. The average molecular weight is 140 g/mol. The van der Waals surface area contributed by atoms with Crippen molar-refractivity contribution in [3.05, 3.63) is 0 Å². The largest absolute Gasteiger partial charge is 1.00 e. The Bertz CT molecular complexity index is 115. The van der Waals surface area contributed by atoms with Gasteiger partial charge < -0.3 is 6.16 Å². The Morgan fingerprint density at radius 2 is 2.00 bits per heavy atom. The van der Waals surface area contributed by atoms with Gasteiger partial charge in [0.25, 0.3) is 0 Å². The third-order valence-electron chi connectivity index (χ3n) is 0.563. The van der Waals surface area contributed by atoms with Crippen LogP contribution in [-0.2, 0) is 14.3 Å². The van der Waals surface area contributed by atoms with Crippen molar-refractivity contribution in [2.45, 2.75) is 13.8 Å². The van der Waals surface area contributed by atoms with E-state index >= 15 is 0 Å². The minimum absolute atomic E-state index is 0. The number of carbonyl (C=O) groups is 2. The summed E-state index contributed by atoms with van der Waals surface area (Å²) in [5.74, 6) is -1.31. The molecule has 0 saturated carbocycles. The summed E-state index contributed by atoms with van der Waals surface area (Å²) < 4.78 is 4.31. The molecule has 0 spiro atoms. The molecule has 0 aliphatic carbocycles. The van der Waals surface area contributed by atoms with Gasteiger partial charge in [-0.3, -0.25) is 4.79 Å². The van der Waals surface area contributed by atoms with E-state index in [0.29, 0.717) is 0 Å². The molecule has 9 heavy (non-hydrogen) atoms.